The molecule has 0 spiro atoms. The lowest BCUT2D eigenvalue weighted by atomic mass is 10.0. The fourth-order valence-corrected chi connectivity index (χ4v) is 2.58. The van der Waals surface area contributed by atoms with Gasteiger partial charge >= 0.3 is 6.01 Å². The van der Waals surface area contributed by atoms with Gasteiger partial charge in [0.25, 0.3) is 0 Å². The summed E-state index contributed by atoms with van der Waals surface area (Å²) in [5.41, 5.74) is 2.81. The van der Waals surface area contributed by atoms with Crippen LogP contribution in [0.5, 0.6) is 6.01 Å². The molecular formula is C15H16ClN3O2. The summed E-state index contributed by atoms with van der Waals surface area (Å²) in [6, 6.07) is 8.24. The van der Waals surface area contributed by atoms with Crippen molar-refractivity contribution in [3.63, 3.8) is 0 Å². The minimum absolute atomic E-state index is 0.153. The van der Waals surface area contributed by atoms with Crippen molar-refractivity contribution in [1.82, 2.24) is 15.3 Å². The molecule has 6 heteroatoms. The summed E-state index contributed by atoms with van der Waals surface area (Å²) >= 11 is 6.25. The molecule has 2 heterocycles. The Morgan fingerprint density at radius 1 is 1.38 bits per heavy atom. The van der Waals surface area contributed by atoms with Crippen molar-refractivity contribution in [3.8, 4) is 17.3 Å². The van der Waals surface area contributed by atoms with Crippen molar-refractivity contribution in [3.05, 3.63) is 41.0 Å². The van der Waals surface area contributed by atoms with Gasteiger partial charge in [-0.2, -0.15) is 4.98 Å². The molecule has 0 amide bonds. The highest BCUT2D eigenvalue weighted by Crippen LogP contribution is 2.28. The molecule has 0 saturated carbocycles. The molecule has 5 nitrogen and oxygen atoms in total. The third kappa shape index (κ3) is 3.32. The summed E-state index contributed by atoms with van der Waals surface area (Å²) in [6.45, 7) is 2.23. The van der Waals surface area contributed by atoms with Crippen LogP contribution in [0.3, 0.4) is 0 Å². The average molecular weight is 306 g/mol. The molecule has 2 aromatic rings. The predicted octanol–water partition coefficient (Wildman–Crippen LogP) is 2.47. The van der Waals surface area contributed by atoms with Gasteiger partial charge < -0.3 is 14.8 Å². The van der Waals surface area contributed by atoms with Crippen molar-refractivity contribution in [1.29, 1.82) is 0 Å². The summed E-state index contributed by atoms with van der Waals surface area (Å²) in [6.07, 6.45) is 1.67. The van der Waals surface area contributed by atoms with E-state index in [-0.39, 0.29) is 6.04 Å². The number of nitrogens with zero attached hydrogens (tertiary/aromatic N) is 2. The van der Waals surface area contributed by atoms with Crippen LogP contribution in [0.15, 0.2) is 30.5 Å². The minimum atomic E-state index is 0.153. The van der Waals surface area contributed by atoms with Gasteiger partial charge in [0, 0.05) is 23.3 Å². The zero-order valence-corrected chi connectivity index (χ0v) is 12.4. The zero-order chi connectivity index (χ0) is 14.7. The fraction of sp³-hybridized carbons (Fsp3) is 0.333. The van der Waals surface area contributed by atoms with E-state index < -0.39 is 0 Å². The summed E-state index contributed by atoms with van der Waals surface area (Å²) in [7, 11) is 1.55. The normalized spacial score (nSPS) is 18.5. The molecule has 1 atom stereocenters. The van der Waals surface area contributed by atoms with E-state index in [0.717, 1.165) is 30.0 Å². The maximum Gasteiger partial charge on any atom is 0.316 e. The average Bonchev–Trinajstić information content (AvgIpc) is 2.55. The van der Waals surface area contributed by atoms with Crippen LogP contribution in [0.1, 0.15) is 11.6 Å². The van der Waals surface area contributed by atoms with E-state index in [1.165, 1.54) is 0 Å². The van der Waals surface area contributed by atoms with E-state index in [9.17, 15) is 0 Å². The highest BCUT2D eigenvalue weighted by Gasteiger charge is 2.17. The highest BCUT2D eigenvalue weighted by molar-refractivity contribution is 6.31. The first-order chi connectivity index (χ1) is 10.3. The van der Waals surface area contributed by atoms with Gasteiger partial charge in [-0.3, -0.25) is 0 Å². The van der Waals surface area contributed by atoms with E-state index in [2.05, 4.69) is 21.4 Å². The third-order valence-corrected chi connectivity index (χ3v) is 3.57. The topological polar surface area (TPSA) is 56.3 Å². The highest BCUT2D eigenvalue weighted by atomic mass is 35.5. The van der Waals surface area contributed by atoms with Gasteiger partial charge in [0.05, 0.1) is 32.1 Å². The van der Waals surface area contributed by atoms with Gasteiger partial charge in [0.2, 0.25) is 0 Å². The first kappa shape index (κ1) is 14.3. The van der Waals surface area contributed by atoms with Crippen LogP contribution in [0, 0.1) is 0 Å². The number of hydrogen-bond donors (Lipinski definition) is 1. The molecule has 21 heavy (non-hydrogen) atoms. The van der Waals surface area contributed by atoms with Crippen molar-refractivity contribution >= 4 is 11.6 Å². The van der Waals surface area contributed by atoms with Crippen LogP contribution in [-0.2, 0) is 4.74 Å². The molecule has 1 saturated heterocycles. The predicted molar refractivity (Wildman–Crippen MR) is 80.6 cm³/mol. The minimum Gasteiger partial charge on any atom is -0.467 e. The van der Waals surface area contributed by atoms with Crippen LogP contribution < -0.4 is 10.1 Å². The number of morpholine rings is 1. The number of ether oxygens (including phenoxy) is 2. The largest absolute Gasteiger partial charge is 0.467 e. The Morgan fingerprint density at radius 3 is 3.05 bits per heavy atom. The van der Waals surface area contributed by atoms with Crippen LogP contribution in [0.2, 0.25) is 5.02 Å². The Hall–Kier alpha value is -1.69. The summed E-state index contributed by atoms with van der Waals surface area (Å²) in [5.74, 6) is 0. The van der Waals surface area contributed by atoms with Gasteiger partial charge in [-0.25, -0.2) is 4.98 Å². The molecule has 1 fully saturated rings. The maximum absolute atomic E-state index is 6.25. The molecule has 0 aliphatic carbocycles. The Labute approximate surface area is 128 Å². The second kappa shape index (κ2) is 6.39. The van der Waals surface area contributed by atoms with E-state index >= 15 is 0 Å². The fourth-order valence-electron chi connectivity index (χ4n) is 2.34. The molecule has 110 valence electrons. The van der Waals surface area contributed by atoms with Crippen LogP contribution in [0.25, 0.3) is 11.3 Å². The lowest BCUT2D eigenvalue weighted by Crippen LogP contribution is -2.34. The van der Waals surface area contributed by atoms with Crippen molar-refractivity contribution in [2.24, 2.45) is 0 Å². The first-order valence-corrected chi connectivity index (χ1v) is 7.13. The van der Waals surface area contributed by atoms with Crippen molar-refractivity contribution in [2.45, 2.75) is 6.04 Å². The number of halogens is 1. The molecule has 1 aromatic heterocycles. The lowest BCUT2D eigenvalue weighted by molar-refractivity contribution is 0.0769. The Balaban J connectivity index is 1.96. The SMILES string of the molecule is COc1nccc(-c2cc(Cl)cc(C3COCCN3)c2)n1. The van der Waals surface area contributed by atoms with Gasteiger partial charge in [0.15, 0.2) is 0 Å². The van der Waals surface area contributed by atoms with E-state index in [0.29, 0.717) is 17.6 Å². The molecule has 0 bridgehead atoms. The molecule has 1 unspecified atom stereocenters. The van der Waals surface area contributed by atoms with E-state index in [4.69, 9.17) is 21.1 Å². The van der Waals surface area contributed by atoms with Crippen molar-refractivity contribution < 1.29 is 9.47 Å². The molecule has 3 rings (SSSR count). The molecule has 0 radical (unpaired) electrons. The molecule has 1 N–H and O–H groups in total. The Morgan fingerprint density at radius 2 is 2.29 bits per heavy atom. The van der Waals surface area contributed by atoms with Gasteiger partial charge in [-0.1, -0.05) is 11.6 Å². The van der Waals surface area contributed by atoms with Crippen LogP contribution in [0.4, 0.5) is 0 Å². The van der Waals surface area contributed by atoms with Gasteiger partial charge in [-0.05, 0) is 29.8 Å². The third-order valence-electron chi connectivity index (χ3n) is 3.36. The van der Waals surface area contributed by atoms with Gasteiger partial charge in [0.1, 0.15) is 0 Å². The second-order valence-electron chi connectivity index (χ2n) is 4.78. The number of methoxy groups -OCH3 is 1. The van der Waals surface area contributed by atoms with Gasteiger partial charge in [-0.15, -0.1) is 0 Å². The number of hydrogen-bond acceptors (Lipinski definition) is 5. The molecule has 1 aromatic carbocycles. The summed E-state index contributed by atoms with van der Waals surface area (Å²) in [4.78, 5) is 8.36. The van der Waals surface area contributed by atoms with Crippen molar-refractivity contribution in [2.75, 3.05) is 26.9 Å². The molecular weight excluding hydrogens is 290 g/mol. The lowest BCUT2D eigenvalue weighted by Gasteiger charge is -2.24. The number of nitrogens with one attached hydrogen (secondary N) is 1. The summed E-state index contributed by atoms with van der Waals surface area (Å²) in [5, 5.41) is 4.10. The number of aromatic nitrogens is 2. The smallest absolute Gasteiger partial charge is 0.316 e. The monoisotopic (exact) mass is 305 g/mol. The standard InChI is InChI=1S/C15H16ClN3O2/c1-20-15-18-3-2-13(19-15)10-6-11(8-12(16)7-10)14-9-21-5-4-17-14/h2-3,6-8,14,17H,4-5,9H2,1H3. The Bertz CT molecular complexity index is 630. The molecule has 1 aliphatic rings. The van der Waals surface area contributed by atoms with Crippen LogP contribution >= 0.6 is 11.6 Å². The number of rotatable bonds is 3. The maximum atomic E-state index is 6.25. The molecule has 1 aliphatic heterocycles. The van der Waals surface area contributed by atoms with E-state index in [1.54, 1.807) is 13.3 Å². The summed E-state index contributed by atoms with van der Waals surface area (Å²) < 4.78 is 10.6. The quantitative estimate of drug-likeness (QED) is 0.944. The second-order valence-corrected chi connectivity index (χ2v) is 5.22. The zero-order valence-electron chi connectivity index (χ0n) is 11.7. The number of benzene rings is 1. The van der Waals surface area contributed by atoms with Crippen LogP contribution in [-0.4, -0.2) is 36.8 Å². The first-order valence-electron chi connectivity index (χ1n) is 6.75. The Kier molecular flexibility index (Phi) is 4.34. The van der Waals surface area contributed by atoms with E-state index in [1.807, 2.05) is 18.2 Å².